The van der Waals surface area contributed by atoms with Crippen molar-refractivity contribution in [2.75, 3.05) is 0 Å². The van der Waals surface area contributed by atoms with Crippen molar-refractivity contribution in [3.8, 4) is 0 Å². The molecular formula is C23H43N3O4. The number of rotatable bonds is 3. The Balaban J connectivity index is 1.51. The lowest BCUT2D eigenvalue weighted by Crippen LogP contribution is -2.74. The summed E-state index contributed by atoms with van der Waals surface area (Å²) >= 11 is 0. The number of hydrogen-bond donors (Lipinski definition) is 7. The summed E-state index contributed by atoms with van der Waals surface area (Å²) in [6.07, 6.45) is 5.72. The van der Waals surface area contributed by atoms with Gasteiger partial charge >= 0.3 is 0 Å². The Morgan fingerprint density at radius 3 is 1.40 bits per heavy atom. The fraction of sp³-hybridized carbons (Fsp3) is 1.00. The smallest absolute Gasteiger partial charge is 0.0649 e. The van der Waals surface area contributed by atoms with Gasteiger partial charge in [-0.05, 0) is 69.1 Å². The van der Waals surface area contributed by atoms with Crippen LogP contribution in [0.1, 0.15) is 71.6 Å². The molecule has 0 aromatic rings. The molecule has 0 aromatic carbocycles. The molecule has 30 heavy (non-hydrogen) atoms. The Kier molecular flexibility index (Phi) is 7.40. The van der Waals surface area contributed by atoms with Crippen LogP contribution in [0.3, 0.4) is 0 Å². The SMILES string of the molecule is CC1CCC(C2NC(C3CCC(O)CC3O)NC(C3CCC(O)CC3O)N2)C(C)C1. The van der Waals surface area contributed by atoms with Gasteiger partial charge in [0.2, 0.25) is 0 Å². The highest BCUT2D eigenvalue weighted by molar-refractivity contribution is 4.99. The van der Waals surface area contributed by atoms with E-state index in [4.69, 9.17) is 0 Å². The summed E-state index contributed by atoms with van der Waals surface area (Å²) in [4.78, 5) is 0. The third-order valence-corrected chi connectivity index (χ3v) is 8.54. The van der Waals surface area contributed by atoms with Crippen LogP contribution in [0.15, 0.2) is 0 Å². The van der Waals surface area contributed by atoms with E-state index in [2.05, 4.69) is 29.8 Å². The predicted octanol–water partition coefficient (Wildman–Crippen LogP) is 0.863. The number of hydrogen-bond acceptors (Lipinski definition) is 7. The first-order chi connectivity index (χ1) is 14.3. The normalized spacial score (nSPS) is 53.4. The van der Waals surface area contributed by atoms with Gasteiger partial charge in [0.15, 0.2) is 0 Å². The fourth-order valence-corrected chi connectivity index (χ4v) is 6.73. The Morgan fingerprint density at radius 1 is 0.533 bits per heavy atom. The lowest BCUT2D eigenvalue weighted by Gasteiger charge is -2.51. The Hall–Kier alpha value is -0.280. The zero-order valence-corrected chi connectivity index (χ0v) is 18.6. The molecule has 0 amide bonds. The van der Waals surface area contributed by atoms with Crippen molar-refractivity contribution in [2.45, 2.75) is 115 Å². The van der Waals surface area contributed by atoms with Gasteiger partial charge in [0.25, 0.3) is 0 Å². The summed E-state index contributed by atoms with van der Waals surface area (Å²) in [6.45, 7) is 4.70. The van der Waals surface area contributed by atoms with Crippen molar-refractivity contribution < 1.29 is 20.4 Å². The molecule has 11 atom stereocenters. The van der Waals surface area contributed by atoms with E-state index in [0.29, 0.717) is 24.7 Å². The van der Waals surface area contributed by atoms with E-state index in [1.807, 2.05) is 0 Å². The van der Waals surface area contributed by atoms with Crippen molar-refractivity contribution in [3.05, 3.63) is 0 Å². The van der Waals surface area contributed by atoms with Gasteiger partial charge in [-0.25, -0.2) is 0 Å². The summed E-state index contributed by atoms with van der Waals surface area (Å²) in [5.41, 5.74) is 0. The minimum atomic E-state index is -0.528. The Bertz CT molecular complexity index is 484. The number of aliphatic hydroxyl groups excluding tert-OH is 4. The van der Waals surface area contributed by atoms with Crippen molar-refractivity contribution in [3.63, 3.8) is 0 Å². The molecule has 11 unspecified atom stereocenters. The van der Waals surface area contributed by atoms with Crippen LogP contribution in [0.25, 0.3) is 0 Å². The second-order valence-electron chi connectivity index (χ2n) is 10.9. The van der Waals surface area contributed by atoms with Crippen molar-refractivity contribution >= 4 is 0 Å². The summed E-state index contributed by atoms with van der Waals surface area (Å²) in [5.74, 6) is 2.00. The molecule has 7 nitrogen and oxygen atoms in total. The second-order valence-corrected chi connectivity index (χ2v) is 10.9. The van der Waals surface area contributed by atoms with Crippen LogP contribution in [0, 0.1) is 29.6 Å². The molecule has 174 valence electrons. The molecular weight excluding hydrogens is 382 g/mol. The monoisotopic (exact) mass is 425 g/mol. The molecule has 1 saturated heterocycles. The van der Waals surface area contributed by atoms with E-state index < -0.39 is 24.4 Å². The molecule has 4 rings (SSSR count). The van der Waals surface area contributed by atoms with Crippen LogP contribution in [0.4, 0.5) is 0 Å². The molecule has 0 aromatic heterocycles. The average molecular weight is 426 g/mol. The lowest BCUT2D eigenvalue weighted by atomic mass is 9.73. The summed E-state index contributed by atoms with van der Waals surface area (Å²) < 4.78 is 0. The van der Waals surface area contributed by atoms with Gasteiger partial charge in [0, 0.05) is 11.8 Å². The molecule has 0 radical (unpaired) electrons. The molecule has 3 saturated carbocycles. The van der Waals surface area contributed by atoms with E-state index in [0.717, 1.165) is 31.6 Å². The maximum Gasteiger partial charge on any atom is 0.0649 e. The highest BCUT2D eigenvalue weighted by atomic mass is 16.3. The van der Waals surface area contributed by atoms with E-state index in [1.165, 1.54) is 19.3 Å². The van der Waals surface area contributed by atoms with Crippen LogP contribution in [-0.4, -0.2) is 63.3 Å². The maximum atomic E-state index is 10.7. The molecule has 1 heterocycles. The van der Waals surface area contributed by atoms with E-state index in [1.54, 1.807) is 0 Å². The minimum absolute atomic E-state index is 0.0460. The number of nitrogens with one attached hydrogen (secondary N) is 3. The van der Waals surface area contributed by atoms with E-state index >= 15 is 0 Å². The van der Waals surface area contributed by atoms with Crippen LogP contribution in [0.2, 0.25) is 0 Å². The molecule has 4 aliphatic rings. The minimum Gasteiger partial charge on any atom is -0.393 e. The third-order valence-electron chi connectivity index (χ3n) is 8.54. The first-order valence-electron chi connectivity index (χ1n) is 12.3. The summed E-state index contributed by atoms with van der Waals surface area (Å²) in [7, 11) is 0. The second kappa shape index (κ2) is 9.69. The van der Waals surface area contributed by atoms with Gasteiger partial charge in [0.05, 0.1) is 42.9 Å². The summed E-state index contributed by atoms with van der Waals surface area (Å²) in [5, 5.41) is 52.6. The topological polar surface area (TPSA) is 117 Å². The third kappa shape index (κ3) is 5.03. The number of aliphatic hydroxyl groups is 4. The molecule has 4 fully saturated rings. The van der Waals surface area contributed by atoms with E-state index in [-0.39, 0.29) is 30.3 Å². The highest BCUT2D eigenvalue weighted by Crippen LogP contribution is 2.38. The predicted molar refractivity (Wildman–Crippen MR) is 115 cm³/mol. The van der Waals surface area contributed by atoms with Crippen LogP contribution >= 0.6 is 0 Å². The quantitative estimate of drug-likeness (QED) is 0.359. The van der Waals surface area contributed by atoms with Gasteiger partial charge in [-0.3, -0.25) is 16.0 Å². The molecule has 3 aliphatic carbocycles. The summed E-state index contributed by atoms with van der Waals surface area (Å²) in [6, 6.07) is 0. The van der Waals surface area contributed by atoms with Crippen LogP contribution in [-0.2, 0) is 0 Å². The lowest BCUT2D eigenvalue weighted by molar-refractivity contribution is -0.0598. The first kappa shape index (κ1) is 22.9. The van der Waals surface area contributed by atoms with E-state index in [9.17, 15) is 20.4 Å². The van der Waals surface area contributed by atoms with Crippen molar-refractivity contribution in [1.82, 2.24) is 16.0 Å². The first-order valence-corrected chi connectivity index (χ1v) is 12.3. The largest absolute Gasteiger partial charge is 0.393 e. The van der Waals surface area contributed by atoms with Gasteiger partial charge in [-0.1, -0.05) is 20.3 Å². The Labute approximate surface area is 181 Å². The van der Waals surface area contributed by atoms with Gasteiger partial charge in [-0.2, -0.15) is 0 Å². The molecule has 0 bridgehead atoms. The van der Waals surface area contributed by atoms with Gasteiger partial charge < -0.3 is 20.4 Å². The van der Waals surface area contributed by atoms with Gasteiger partial charge in [-0.15, -0.1) is 0 Å². The maximum absolute atomic E-state index is 10.7. The fourth-order valence-electron chi connectivity index (χ4n) is 6.73. The standard InChI is InChI=1S/C23H43N3O4/c1-12-3-6-16(13(2)9-12)21-24-22(17-7-4-14(27)10-19(17)29)26-23(25-21)18-8-5-15(28)11-20(18)30/h12-30H,3-11H2,1-2H3. The molecule has 0 spiro atoms. The Morgan fingerprint density at radius 2 is 0.967 bits per heavy atom. The zero-order valence-electron chi connectivity index (χ0n) is 18.6. The van der Waals surface area contributed by atoms with Crippen molar-refractivity contribution in [2.24, 2.45) is 29.6 Å². The molecule has 7 N–H and O–H groups in total. The molecule has 1 aliphatic heterocycles. The van der Waals surface area contributed by atoms with Crippen LogP contribution in [0.5, 0.6) is 0 Å². The van der Waals surface area contributed by atoms with Gasteiger partial charge in [0.1, 0.15) is 0 Å². The van der Waals surface area contributed by atoms with Crippen molar-refractivity contribution in [1.29, 1.82) is 0 Å². The highest BCUT2D eigenvalue weighted by Gasteiger charge is 2.45. The van der Waals surface area contributed by atoms with Crippen LogP contribution < -0.4 is 16.0 Å². The molecule has 7 heteroatoms. The average Bonchev–Trinajstić information content (AvgIpc) is 2.67. The zero-order chi connectivity index (χ0) is 21.4.